The fraction of sp³-hybridized carbons (Fsp3) is 0.800. The van der Waals surface area contributed by atoms with E-state index < -0.39 is 18.2 Å². The van der Waals surface area contributed by atoms with Crippen molar-refractivity contribution in [2.45, 2.75) is 19.2 Å². The summed E-state index contributed by atoms with van der Waals surface area (Å²) in [5, 5.41) is 14.9. The van der Waals surface area contributed by atoms with Gasteiger partial charge in [-0.1, -0.05) is 0 Å². The van der Waals surface area contributed by atoms with Crippen LogP contribution in [0, 0.1) is 5.41 Å². The van der Waals surface area contributed by atoms with Gasteiger partial charge in [-0.2, -0.15) is 13.2 Å². The predicted octanol–water partition coefficient (Wildman–Crippen LogP) is 0.923. The molecule has 66 valence electrons. The molecule has 1 atom stereocenters. The summed E-state index contributed by atoms with van der Waals surface area (Å²) in [7, 11) is 0. The normalized spacial score (nSPS) is 14.3. The van der Waals surface area contributed by atoms with Gasteiger partial charge in [0.15, 0.2) is 0 Å². The summed E-state index contributed by atoms with van der Waals surface area (Å²) in [4.78, 5) is 0. The molecule has 0 spiro atoms. The Hall–Kier alpha value is -0.780. The van der Waals surface area contributed by atoms with E-state index in [1.54, 1.807) is 0 Å². The number of aliphatic hydroxyl groups excluding tert-OH is 1. The third kappa shape index (κ3) is 3.22. The van der Waals surface area contributed by atoms with Crippen LogP contribution in [-0.2, 0) is 4.74 Å². The van der Waals surface area contributed by atoms with Gasteiger partial charge in [0.25, 0.3) is 0 Å². The number of ether oxygens (including phenoxy) is 1. The number of aliphatic hydroxyl groups is 1. The molecule has 0 heterocycles. The molecule has 0 aliphatic heterocycles. The van der Waals surface area contributed by atoms with Crippen LogP contribution in [0.3, 0.4) is 0 Å². The zero-order valence-electron chi connectivity index (χ0n) is 5.77. The van der Waals surface area contributed by atoms with Crippen molar-refractivity contribution in [2.24, 2.45) is 0 Å². The molecular weight excluding hydrogens is 163 g/mol. The van der Waals surface area contributed by atoms with Gasteiger partial charge in [-0.15, -0.1) is 0 Å². The van der Waals surface area contributed by atoms with Crippen LogP contribution in [0.2, 0.25) is 0 Å². The lowest BCUT2D eigenvalue weighted by molar-refractivity contribution is -0.185. The first-order chi connectivity index (χ1) is 4.89. The maximum Gasteiger partial charge on any atom is 0.423 e. The average Bonchev–Trinajstić information content (AvgIpc) is 1.85. The summed E-state index contributed by atoms with van der Waals surface area (Å²) in [6.45, 7) is 1.36. The standard InChI is InChI=1S/C5H8F3NO2/c1-2-11-4(9)3(10)5(6,7)8/h3,9-10H,2H2,1H3. The Morgan fingerprint density at radius 1 is 1.64 bits per heavy atom. The molecule has 0 aliphatic carbocycles. The van der Waals surface area contributed by atoms with Crippen molar-refractivity contribution in [1.29, 1.82) is 5.41 Å². The molecule has 3 nitrogen and oxygen atoms in total. The molecule has 0 amide bonds. The van der Waals surface area contributed by atoms with E-state index in [0.717, 1.165) is 0 Å². The highest BCUT2D eigenvalue weighted by Crippen LogP contribution is 2.20. The maximum absolute atomic E-state index is 11.6. The summed E-state index contributed by atoms with van der Waals surface area (Å²) < 4.78 is 38.8. The van der Waals surface area contributed by atoms with Crippen molar-refractivity contribution < 1.29 is 23.0 Å². The first kappa shape index (κ1) is 10.2. The van der Waals surface area contributed by atoms with Gasteiger partial charge < -0.3 is 9.84 Å². The molecule has 0 bridgehead atoms. The lowest BCUT2D eigenvalue weighted by Gasteiger charge is -2.14. The fourth-order valence-corrected chi connectivity index (χ4v) is 0.383. The van der Waals surface area contributed by atoms with E-state index in [9.17, 15) is 13.2 Å². The molecule has 0 rings (SSSR count). The van der Waals surface area contributed by atoms with E-state index in [1.165, 1.54) is 6.92 Å². The molecule has 0 aromatic heterocycles. The lowest BCUT2D eigenvalue weighted by atomic mass is 10.3. The van der Waals surface area contributed by atoms with Crippen molar-refractivity contribution in [3.05, 3.63) is 0 Å². The average molecular weight is 171 g/mol. The second kappa shape index (κ2) is 3.56. The third-order valence-corrected chi connectivity index (χ3v) is 0.858. The van der Waals surface area contributed by atoms with E-state index >= 15 is 0 Å². The van der Waals surface area contributed by atoms with E-state index in [0.29, 0.717) is 0 Å². The van der Waals surface area contributed by atoms with Gasteiger partial charge in [-0.3, -0.25) is 5.41 Å². The number of nitrogens with one attached hydrogen (secondary N) is 1. The molecule has 11 heavy (non-hydrogen) atoms. The smallest absolute Gasteiger partial charge is 0.423 e. The molecule has 0 aromatic carbocycles. The van der Waals surface area contributed by atoms with Gasteiger partial charge in [-0.25, -0.2) is 0 Å². The van der Waals surface area contributed by atoms with Crippen LogP contribution in [0.4, 0.5) is 13.2 Å². The van der Waals surface area contributed by atoms with Crippen molar-refractivity contribution in [2.75, 3.05) is 6.61 Å². The van der Waals surface area contributed by atoms with Gasteiger partial charge in [0.05, 0.1) is 6.61 Å². The topological polar surface area (TPSA) is 53.3 Å². The number of hydrogen-bond acceptors (Lipinski definition) is 3. The zero-order chi connectivity index (χ0) is 9.07. The highest BCUT2D eigenvalue weighted by Gasteiger charge is 2.42. The largest absolute Gasteiger partial charge is 0.479 e. The SMILES string of the molecule is CCOC(=N)C(O)C(F)(F)F. The zero-order valence-corrected chi connectivity index (χ0v) is 5.77. The summed E-state index contributed by atoms with van der Waals surface area (Å²) >= 11 is 0. The van der Waals surface area contributed by atoms with Gasteiger partial charge >= 0.3 is 6.18 Å². The van der Waals surface area contributed by atoms with Crippen LogP contribution in [-0.4, -0.2) is 29.9 Å². The van der Waals surface area contributed by atoms with E-state index in [4.69, 9.17) is 10.5 Å². The summed E-state index contributed by atoms with van der Waals surface area (Å²) in [5.74, 6) is -1.17. The maximum atomic E-state index is 11.6. The second-order valence-corrected chi connectivity index (χ2v) is 1.74. The van der Waals surface area contributed by atoms with E-state index in [2.05, 4.69) is 4.74 Å². The van der Waals surface area contributed by atoms with Gasteiger partial charge in [0, 0.05) is 0 Å². The third-order valence-electron chi connectivity index (χ3n) is 0.858. The Morgan fingerprint density at radius 2 is 2.09 bits per heavy atom. The Balaban J connectivity index is 4.03. The Labute approximate surface area is 61.3 Å². The molecule has 0 aromatic rings. The highest BCUT2D eigenvalue weighted by atomic mass is 19.4. The fourth-order valence-electron chi connectivity index (χ4n) is 0.383. The first-order valence-electron chi connectivity index (χ1n) is 2.85. The molecule has 0 fully saturated rings. The van der Waals surface area contributed by atoms with Gasteiger partial charge in [0.1, 0.15) is 0 Å². The minimum Gasteiger partial charge on any atom is -0.479 e. The number of hydrogen-bond donors (Lipinski definition) is 2. The van der Waals surface area contributed by atoms with E-state index in [-0.39, 0.29) is 6.61 Å². The number of halogens is 3. The number of alkyl halides is 3. The lowest BCUT2D eigenvalue weighted by Crippen LogP contribution is -2.37. The van der Waals surface area contributed by atoms with Crippen LogP contribution in [0.25, 0.3) is 0 Å². The van der Waals surface area contributed by atoms with Gasteiger partial charge in [-0.05, 0) is 6.92 Å². The first-order valence-corrected chi connectivity index (χ1v) is 2.85. The molecule has 1 unspecified atom stereocenters. The van der Waals surface area contributed by atoms with Crippen molar-refractivity contribution in [1.82, 2.24) is 0 Å². The monoisotopic (exact) mass is 171 g/mol. The van der Waals surface area contributed by atoms with Crippen LogP contribution in [0.5, 0.6) is 0 Å². The molecule has 0 saturated heterocycles. The summed E-state index contributed by atoms with van der Waals surface area (Å²) in [6.07, 6.45) is -7.62. The Morgan fingerprint density at radius 3 is 2.36 bits per heavy atom. The second-order valence-electron chi connectivity index (χ2n) is 1.74. The quantitative estimate of drug-likeness (QED) is 0.479. The predicted molar refractivity (Wildman–Crippen MR) is 31.4 cm³/mol. The summed E-state index contributed by atoms with van der Waals surface area (Å²) in [5.41, 5.74) is 0. The molecule has 0 aliphatic rings. The molecular formula is C5H8F3NO2. The Bertz CT molecular complexity index is 145. The number of rotatable bonds is 2. The van der Waals surface area contributed by atoms with Crippen molar-refractivity contribution in [3.8, 4) is 0 Å². The van der Waals surface area contributed by atoms with E-state index in [1.807, 2.05) is 0 Å². The molecule has 6 heteroatoms. The molecule has 2 N–H and O–H groups in total. The molecule has 0 radical (unpaired) electrons. The minimum atomic E-state index is -4.81. The van der Waals surface area contributed by atoms with Crippen LogP contribution in [0.15, 0.2) is 0 Å². The van der Waals surface area contributed by atoms with Crippen LogP contribution in [0.1, 0.15) is 6.92 Å². The van der Waals surface area contributed by atoms with Crippen LogP contribution < -0.4 is 0 Å². The van der Waals surface area contributed by atoms with Gasteiger partial charge in [0.2, 0.25) is 12.0 Å². The van der Waals surface area contributed by atoms with Crippen molar-refractivity contribution >= 4 is 5.90 Å². The molecule has 0 saturated carbocycles. The Kier molecular flexibility index (Phi) is 3.31. The van der Waals surface area contributed by atoms with Crippen LogP contribution >= 0.6 is 0 Å². The minimum absolute atomic E-state index is 0.0635. The van der Waals surface area contributed by atoms with Crippen molar-refractivity contribution in [3.63, 3.8) is 0 Å². The summed E-state index contributed by atoms with van der Waals surface area (Å²) in [6, 6.07) is 0. The highest BCUT2D eigenvalue weighted by molar-refractivity contribution is 5.78.